The minimum Gasteiger partial charge on any atom is -0.346 e. The number of carbonyl (C=O) groups excluding carboxylic acids is 2. The van der Waals surface area contributed by atoms with Crippen molar-refractivity contribution in [1.82, 2.24) is 40.1 Å². The largest absolute Gasteiger partial charge is 0.346 e. The van der Waals surface area contributed by atoms with Gasteiger partial charge in [0, 0.05) is 31.5 Å². The Balaban J connectivity index is 1.10. The van der Waals surface area contributed by atoms with Crippen molar-refractivity contribution in [2.75, 3.05) is 18.4 Å². The summed E-state index contributed by atoms with van der Waals surface area (Å²) in [5.41, 5.74) is 2.87. The number of H-pyrrole nitrogens is 1. The number of carbonyl (C=O) groups is 2. The first-order valence-electron chi connectivity index (χ1n) is 12.2. The van der Waals surface area contributed by atoms with Gasteiger partial charge in [-0.25, -0.2) is 24.9 Å². The van der Waals surface area contributed by atoms with Gasteiger partial charge >= 0.3 is 0 Å². The average molecular weight is 506 g/mol. The summed E-state index contributed by atoms with van der Waals surface area (Å²) >= 11 is 0. The highest BCUT2D eigenvalue weighted by molar-refractivity contribution is 5.94. The lowest BCUT2D eigenvalue weighted by Gasteiger charge is -2.17. The first-order valence-corrected chi connectivity index (χ1v) is 12.2. The summed E-state index contributed by atoms with van der Waals surface area (Å²) in [5.74, 6) is 0.942. The van der Waals surface area contributed by atoms with E-state index >= 15 is 0 Å². The van der Waals surface area contributed by atoms with Crippen LogP contribution in [0.3, 0.4) is 0 Å². The molecule has 188 valence electrons. The van der Waals surface area contributed by atoms with Gasteiger partial charge in [0.25, 0.3) is 11.8 Å². The third-order valence-electron chi connectivity index (χ3n) is 6.20. The Morgan fingerprint density at radius 2 is 1.76 bits per heavy atom. The van der Waals surface area contributed by atoms with Gasteiger partial charge in [-0.05, 0) is 48.9 Å². The summed E-state index contributed by atoms with van der Waals surface area (Å²) in [5, 5.41) is 5.99. The van der Waals surface area contributed by atoms with Gasteiger partial charge < -0.3 is 20.5 Å². The van der Waals surface area contributed by atoms with E-state index in [4.69, 9.17) is 0 Å². The molecule has 4 aromatic heterocycles. The van der Waals surface area contributed by atoms with Crippen LogP contribution in [0.25, 0.3) is 22.6 Å². The number of fused-ring (bicyclic) bond motifs is 1. The molecular weight excluding hydrogens is 482 g/mol. The van der Waals surface area contributed by atoms with Crippen LogP contribution < -0.4 is 10.6 Å². The van der Waals surface area contributed by atoms with Gasteiger partial charge in [-0.3, -0.25) is 9.59 Å². The number of nitrogens with one attached hydrogen (secondary N) is 3. The molecule has 11 nitrogen and oxygen atoms in total. The summed E-state index contributed by atoms with van der Waals surface area (Å²) in [6.45, 7) is 0.879. The standard InChI is InChI=1S/C27H23N9O2/c37-25(21-9-5-8-20(31-21)24-32-18-6-1-2-7-19(18)33-24)30-17-12-15-36(16-17)26(38)22-11-14-29-27(34-22)35-23-10-3-4-13-28-23/h1-11,13-14,17H,12,15-16H2,(H,30,37)(H,32,33)(H,28,29,34,35). The van der Waals surface area contributed by atoms with Crippen molar-refractivity contribution in [3.63, 3.8) is 0 Å². The Bertz CT molecular complexity index is 1590. The molecule has 1 aromatic carbocycles. The van der Waals surface area contributed by atoms with E-state index in [0.29, 0.717) is 36.8 Å². The average Bonchev–Trinajstić information content (AvgIpc) is 3.61. The Kier molecular flexibility index (Phi) is 6.14. The molecule has 11 heteroatoms. The third kappa shape index (κ3) is 4.89. The van der Waals surface area contributed by atoms with Gasteiger partial charge in [0.05, 0.1) is 11.0 Å². The van der Waals surface area contributed by atoms with Gasteiger partial charge in [0.1, 0.15) is 22.9 Å². The van der Waals surface area contributed by atoms with E-state index in [2.05, 4.69) is 40.5 Å². The van der Waals surface area contributed by atoms with Gasteiger partial charge in [-0.1, -0.05) is 24.3 Å². The van der Waals surface area contributed by atoms with E-state index in [9.17, 15) is 9.59 Å². The second-order valence-electron chi connectivity index (χ2n) is 8.83. The number of likely N-dealkylation sites (tertiary alicyclic amines) is 1. The second-order valence-corrected chi connectivity index (χ2v) is 8.83. The SMILES string of the molecule is O=C(NC1CCN(C(=O)c2ccnc(Nc3ccccn3)n2)C1)c1cccc(-c2nc3ccccc3[nH]2)n1. The molecule has 38 heavy (non-hydrogen) atoms. The normalized spacial score (nSPS) is 14.9. The zero-order chi connectivity index (χ0) is 25.9. The maximum atomic E-state index is 13.1. The number of pyridine rings is 2. The van der Waals surface area contributed by atoms with Crippen molar-refractivity contribution in [2.24, 2.45) is 0 Å². The smallest absolute Gasteiger partial charge is 0.272 e. The summed E-state index contributed by atoms with van der Waals surface area (Å²) < 4.78 is 0. The Hall–Kier alpha value is -5.19. The predicted octanol–water partition coefficient (Wildman–Crippen LogP) is 3.20. The molecule has 1 aliphatic heterocycles. The lowest BCUT2D eigenvalue weighted by molar-refractivity contribution is 0.0777. The summed E-state index contributed by atoms with van der Waals surface area (Å²) in [6.07, 6.45) is 3.81. The maximum Gasteiger partial charge on any atom is 0.272 e. The number of rotatable bonds is 6. The highest BCUT2D eigenvalue weighted by Gasteiger charge is 2.29. The van der Waals surface area contributed by atoms with Crippen LogP contribution in [0.1, 0.15) is 27.4 Å². The lowest BCUT2D eigenvalue weighted by atomic mass is 10.2. The number of para-hydroxylation sites is 2. The highest BCUT2D eigenvalue weighted by Crippen LogP contribution is 2.19. The van der Waals surface area contributed by atoms with Crippen molar-refractivity contribution in [2.45, 2.75) is 12.5 Å². The van der Waals surface area contributed by atoms with Crippen LogP contribution in [0.2, 0.25) is 0 Å². The monoisotopic (exact) mass is 505 g/mol. The van der Waals surface area contributed by atoms with Crippen LogP contribution >= 0.6 is 0 Å². The predicted molar refractivity (Wildman–Crippen MR) is 141 cm³/mol. The molecule has 0 radical (unpaired) electrons. The molecule has 0 spiro atoms. The minimum atomic E-state index is -0.300. The Labute approximate surface area is 217 Å². The number of aromatic amines is 1. The first-order chi connectivity index (χ1) is 18.6. The van der Waals surface area contributed by atoms with Crippen LogP contribution in [0.15, 0.2) is 79.1 Å². The molecule has 1 saturated heterocycles. The van der Waals surface area contributed by atoms with Gasteiger partial charge in [-0.15, -0.1) is 0 Å². The topological polar surface area (TPSA) is 142 Å². The summed E-state index contributed by atoms with van der Waals surface area (Å²) in [7, 11) is 0. The van der Waals surface area contributed by atoms with Crippen LogP contribution in [-0.4, -0.2) is 65.7 Å². The van der Waals surface area contributed by atoms with Crippen molar-refractivity contribution < 1.29 is 9.59 Å². The molecule has 1 unspecified atom stereocenters. The molecule has 1 fully saturated rings. The van der Waals surface area contributed by atoms with Crippen LogP contribution in [0.4, 0.5) is 11.8 Å². The molecule has 0 saturated carbocycles. The number of nitrogens with zero attached hydrogens (tertiary/aromatic N) is 6. The molecule has 1 aliphatic rings. The summed E-state index contributed by atoms with van der Waals surface area (Å²) in [4.78, 5) is 52.7. The quantitative estimate of drug-likeness (QED) is 0.319. The number of anilines is 2. The fraction of sp³-hybridized carbons (Fsp3) is 0.148. The Morgan fingerprint density at radius 3 is 2.63 bits per heavy atom. The molecular formula is C27H23N9O2. The first kappa shape index (κ1) is 23.2. The second kappa shape index (κ2) is 10.1. The van der Waals surface area contributed by atoms with Crippen LogP contribution in [-0.2, 0) is 0 Å². The molecule has 6 rings (SSSR count). The van der Waals surface area contributed by atoms with Crippen molar-refractivity contribution in [3.05, 3.63) is 90.5 Å². The highest BCUT2D eigenvalue weighted by atomic mass is 16.2. The number of benzene rings is 1. The van der Waals surface area contributed by atoms with Gasteiger partial charge in [0.15, 0.2) is 5.82 Å². The summed E-state index contributed by atoms with van der Waals surface area (Å²) in [6, 6.07) is 19.8. The van der Waals surface area contributed by atoms with Gasteiger partial charge in [-0.2, -0.15) is 0 Å². The van der Waals surface area contributed by atoms with E-state index in [1.54, 1.807) is 35.4 Å². The molecule has 5 heterocycles. The Morgan fingerprint density at radius 1 is 0.868 bits per heavy atom. The molecule has 2 amide bonds. The van der Waals surface area contributed by atoms with Crippen LogP contribution in [0.5, 0.6) is 0 Å². The number of imidazole rings is 1. The van der Waals surface area contributed by atoms with Crippen LogP contribution in [0, 0.1) is 0 Å². The van der Waals surface area contributed by atoms with Crippen molar-refractivity contribution in [3.8, 4) is 11.5 Å². The van der Waals surface area contributed by atoms with Gasteiger partial charge in [0.2, 0.25) is 5.95 Å². The lowest BCUT2D eigenvalue weighted by Crippen LogP contribution is -2.39. The number of hydrogen-bond donors (Lipinski definition) is 3. The third-order valence-corrected chi connectivity index (χ3v) is 6.20. The number of amides is 2. The molecule has 0 bridgehead atoms. The van der Waals surface area contributed by atoms with Crippen molar-refractivity contribution >= 4 is 34.6 Å². The maximum absolute atomic E-state index is 13.1. The zero-order valence-electron chi connectivity index (χ0n) is 20.2. The molecule has 1 atom stereocenters. The van der Waals surface area contributed by atoms with E-state index in [0.717, 1.165) is 11.0 Å². The van der Waals surface area contributed by atoms with Crippen molar-refractivity contribution in [1.29, 1.82) is 0 Å². The zero-order valence-corrected chi connectivity index (χ0v) is 20.2. The molecule has 0 aliphatic carbocycles. The minimum absolute atomic E-state index is 0.198. The van der Waals surface area contributed by atoms with E-state index < -0.39 is 0 Å². The van der Waals surface area contributed by atoms with E-state index in [1.165, 1.54) is 6.20 Å². The molecule has 3 N–H and O–H groups in total. The number of aromatic nitrogens is 6. The fourth-order valence-electron chi connectivity index (χ4n) is 4.34. The number of hydrogen-bond acceptors (Lipinski definition) is 8. The van der Waals surface area contributed by atoms with E-state index in [1.807, 2.05) is 42.5 Å². The molecule has 5 aromatic rings. The van der Waals surface area contributed by atoms with E-state index in [-0.39, 0.29) is 35.2 Å². The fourth-order valence-corrected chi connectivity index (χ4v) is 4.34.